The molecule has 0 radical (unpaired) electrons. The van der Waals surface area contributed by atoms with E-state index in [1.165, 1.54) is 4.90 Å². The number of alkyl halides is 3. The number of nitrogens with one attached hydrogen (secondary N) is 1. The molecule has 182 valence electrons. The van der Waals surface area contributed by atoms with Crippen molar-refractivity contribution in [3.8, 4) is 11.1 Å². The number of aromatic nitrogens is 2. The number of nitrogens with zero attached hydrogens (tertiary/aromatic N) is 4. The molecule has 2 N–H and O–H groups in total. The van der Waals surface area contributed by atoms with Gasteiger partial charge in [-0.25, -0.2) is 9.78 Å². The lowest BCUT2D eigenvalue weighted by molar-refractivity contribution is -0.149. The smallest absolute Gasteiger partial charge is 0.401 e. The Kier molecular flexibility index (Phi) is 6.55. The summed E-state index contributed by atoms with van der Waals surface area (Å²) in [4.78, 5) is 20.0. The molecule has 0 aromatic carbocycles. The largest absolute Gasteiger partial charge is 0.478 e. The average Bonchev–Trinajstić information content (AvgIpc) is 3.21. The molecule has 4 rings (SSSR count). The van der Waals surface area contributed by atoms with E-state index in [9.17, 15) is 23.1 Å². The molecule has 0 bridgehead atoms. The Balaban J connectivity index is 1.71. The van der Waals surface area contributed by atoms with Crippen LogP contribution in [0.5, 0.6) is 0 Å². The molecule has 0 amide bonds. The molecular weight excluding hydrogens is 447 g/mol. The van der Waals surface area contributed by atoms with Crippen molar-refractivity contribution in [2.45, 2.75) is 26.1 Å². The minimum atomic E-state index is -4.21. The minimum absolute atomic E-state index is 0.181. The first-order valence-electron chi connectivity index (χ1n) is 11.1. The molecule has 3 aromatic heterocycles. The van der Waals surface area contributed by atoms with Crippen molar-refractivity contribution in [3.63, 3.8) is 0 Å². The first-order valence-corrected chi connectivity index (χ1v) is 11.1. The van der Waals surface area contributed by atoms with Gasteiger partial charge in [0.15, 0.2) is 0 Å². The van der Waals surface area contributed by atoms with Crippen LogP contribution in [-0.4, -0.2) is 76.2 Å². The molecule has 1 aliphatic rings. The number of carboxylic acids is 1. The Morgan fingerprint density at radius 2 is 1.91 bits per heavy atom. The van der Waals surface area contributed by atoms with Crippen molar-refractivity contribution in [2.75, 3.05) is 45.1 Å². The summed E-state index contributed by atoms with van der Waals surface area (Å²) in [7, 11) is 1.79. The van der Waals surface area contributed by atoms with Crippen molar-refractivity contribution >= 4 is 17.3 Å². The van der Waals surface area contributed by atoms with Gasteiger partial charge in [-0.3, -0.25) is 9.80 Å². The third-order valence-electron chi connectivity index (χ3n) is 6.57. The monoisotopic (exact) mass is 475 g/mol. The summed E-state index contributed by atoms with van der Waals surface area (Å²) < 4.78 is 40.3. The predicted octanol–water partition coefficient (Wildman–Crippen LogP) is 4.29. The number of piperazine rings is 1. The Bertz CT molecular complexity index is 1180. The molecule has 0 aliphatic carbocycles. The zero-order valence-electron chi connectivity index (χ0n) is 19.4. The lowest BCUT2D eigenvalue weighted by Crippen LogP contribution is -2.49. The van der Waals surface area contributed by atoms with Gasteiger partial charge in [0, 0.05) is 68.5 Å². The Labute approximate surface area is 195 Å². The van der Waals surface area contributed by atoms with Gasteiger partial charge in [-0.2, -0.15) is 13.2 Å². The predicted molar refractivity (Wildman–Crippen MR) is 124 cm³/mol. The average molecular weight is 476 g/mol. The Morgan fingerprint density at radius 3 is 2.47 bits per heavy atom. The number of anilines is 1. The van der Waals surface area contributed by atoms with Crippen molar-refractivity contribution in [1.82, 2.24) is 19.2 Å². The zero-order chi connectivity index (χ0) is 24.6. The van der Waals surface area contributed by atoms with Crippen LogP contribution in [0.1, 0.15) is 34.6 Å². The summed E-state index contributed by atoms with van der Waals surface area (Å²) in [6, 6.07) is 7.22. The van der Waals surface area contributed by atoms with Gasteiger partial charge >= 0.3 is 12.1 Å². The summed E-state index contributed by atoms with van der Waals surface area (Å²) >= 11 is 0. The second-order valence-electron chi connectivity index (χ2n) is 8.64. The van der Waals surface area contributed by atoms with E-state index in [1.54, 1.807) is 26.2 Å². The van der Waals surface area contributed by atoms with Crippen LogP contribution in [0.4, 0.5) is 19.0 Å². The normalized spacial score (nSPS) is 16.6. The second kappa shape index (κ2) is 9.27. The van der Waals surface area contributed by atoms with Gasteiger partial charge in [-0.15, -0.1) is 0 Å². The number of pyridine rings is 2. The van der Waals surface area contributed by atoms with Crippen molar-refractivity contribution in [1.29, 1.82) is 0 Å². The first kappa shape index (κ1) is 24.0. The summed E-state index contributed by atoms with van der Waals surface area (Å²) in [5.41, 5.74) is 4.16. The van der Waals surface area contributed by atoms with Crippen molar-refractivity contribution < 1.29 is 23.1 Å². The zero-order valence-corrected chi connectivity index (χ0v) is 19.4. The SMILES string of the molecule is CNc1ccc(-c2ccn3c(C(C)N4CCN(CC(F)(F)F)CC4)c(C)c(C(=O)O)cc23)cn1. The van der Waals surface area contributed by atoms with Crippen molar-refractivity contribution in [2.24, 2.45) is 0 Å². The summed E-state index contributed by atoms with van der Waals surface area (Å²) in [5.74, 6) is -0.285. The molecule has 1 atom stereocenters. The van der Waals surface area contributed by atoms with Gasteiger partial charge < -0.3 is 14.8 Å². The number of rotatable bonds is 6. The van der Waals surface area contributed by atoms with Crippen LogP contribution in [0.2, 0.25) is 0 Å². The molecule has 10 heteroatoms. The summed E-state index contributed by atoms with van der Waals surface area (Å²) in [5, 5.41) is 12.9. The van der Waals surface area contributed by atoms with E-state index >= 15 is 0 Å². The van der Waals surface area contributed by atoms with E-state index in [-0.39, 0.29) is 11.6 Å². The Morgan fingerprint density at radius 1 is 1.21 bits per heavy atom. The third-order valence-corrected chi connectivity index (χ3v) is 6.57. The van der Waals surface area contributed by atoms with Crippen LogP contribution in [0.15, 0.2) is 36.7 Å². The van der Waals surface area contributed by atoms with Gasteiger partial charge in [-0.1, -0.05) is 0 Å². The van der Waals surface area contributed by atoms with Gasteiger partial charge in [-0.05, 0) is 43.7 Å². The topological polar surface area (TPSA) is 73.1 Å². The maximum Gasteiger partial charge on any atom is 0.401 e. The molecule has 0 spiro atoms. The molecule has 1 fully saturated rings. The number of carbonyl (C=O) groups is 1. The number of fused-ring (bicyclic) bond motifs is 1. The number of hydrogen-bond acceptors (Lipinski definition) is 5. The minimum Gasteiger partial charge on any atom is -0.478 e. The molecule has 1 aliphatic heterocycles. The van der Waals surface area contributed by atoms with Crippen LogP contribution in [0, 0.1) is 6.92 Å². The highest BCUT2D eigenvalue weighted by atomic mass is 19.4. The number of aromatic carboxylic acids is 1. The van der Waals surface area contributed by atoms with E-state index in [4.69, 9.17) is 0 Å². The van der Waals surface area contributed by atoms with Crippen LogP contribution in [-0.2, 0) is 0 Å². The number of carboxylic acid groups (broad SMARTS) is 1. The molecule has 3 aromatic rings. The van der Waals surface area contributed by atoms with Crippen LogP contribution >= 0.6 is 0 Å². The molecule has 4 heterocycles. The van der Waals surface area contributed by atoms with Crippen LogP contribution in [0.3, 0.4) is 0 Å². The van der Waals surface area contributed by atoms with Gasteiger partial charge in [0.2, 0.25) is 0 Å². The van der Waals surface area contributed by atoms with Gasteiger partial charge in [0.1, 0.15) is 5.82 Å². The molecule has 1 saturated heterocycles. The maximum atomic E-state index is 12.8. The fraction of sp³-hybridized carbons (Fsp3) is 0.417. The standard InChI is InChI=1S/C24H28F3N5O2/c1-15-19(23(33)34)12-20-18(17-4-5-21(28-3)29-13-17)6-7-32(20)22(15)16(2)31-10-8-30(9-11-31)14-24(25,26)27/h4-7,12-13,16H,8-11,14H2,1-3H3,(H,28,29)(H,33,34). The van der Waals surface area contributed by atoms with Gasteiger partial charge in [0.25, 0.3) is 0 Å². The number of hydrogen-bond donors (Lipinski definition) is 2. The summed E-state index contributed by atoms with van der Waals surface area (Å²) in [6.45, 7) is 4.43. The lowest BCUT2D eigenvalue weighted by atomic mass is 9.99. The second-order valence-corrected chi connectivity index (χ2v) is 8.64. The van der Waals surface area contributed by atoms with E-state index in [1.807, 2.05) is 35.7 Å². The maximum absolute atomic E-state index is 12.8. The highest BCUT2D eigenvalue weighted by molar-refractivity contribution is 5.94. The third kappa shape index (κ3) is 4.74. The molecule has 7 nitrogen and oxygen atoms in total. The highest BCUT2D eigenvalue weighted by Gasteiger charge is 2.33. The van der Waals surface area contributed by atoms with Crippen LogP contribution in [0.25, 0.3) is 16.6 Å². The van der Waals surface area contributed by atoms with Crippen molar-refractivity contribution in [3.05, 3.63) is 53.5 Å². The molecular formula is C24H28F3N5O2. The quantitative estimate of drug-likeness (QED) is 0.554. The molecule has 1 unspecified atom stereocenters. The van der Waals surface area contributed by atoms with Crippen LogP contribution < -0.4 is 5.32 Å². The van der Waals surface area contributed by atoms with E-state index in [0.717, 1.165) is 28.2 Å². The van der Waals surface area contributed by atoms with E-state index in [2.05, 4.69) is 15.2 Å². The van der Waals surface area contributed by atoms with E-state index < -0.39 is 18.7 Å². The van der Waals surface area contributed by atoms with E-state index in [0.29, 0.717) is 31.7 Å². The molecule has 34 heavy (non-hydrogen) atoms. The molecule has 0 saturated carbocycles. The van der Waals surface area contributed by atoms with Gasteiger partial charge in [0.05, 0.1) is 17.6 Å². The Hall–Kier alpha value is -3.11. The number of halogens is 3. The lowest BCUT2D eigenvalue weighted by Gasteiger charge is -2.39. The fourth-order valence-corrected chi connectivity index (χ4v) is 4.78. The fourth-order valence-electron chi connectivity index (χ4n) is 4.78. The highest BCUT2D eigenvalue weighted by Crippen LogP contribution is 2.34. The summed E-state index contributed by atoms with van der Waals surface area (Å²) in [6.07, 6.45) is -0.556. The first-order chi connectivity index (χ1) is 16.1.